The van der Waals surface area contributed by atoms with Crippen molar-refractivity contribution in [2.24, 2.45) is 35.5 Å². The van der Waals surface area contributed by atoms with E-state index >= 15 is 0 Å². The summed E-state index contributed by atoms with van der Waals surface area (Å²) < 4.78 is 0. The number of hydrogen-bond donors (Lipinski definition) is 0. The highest BCUT2D eigenvalue weighted by Gasteiger charge is 2.63. The molecule has 0 radical (unpaired) electrons. The minimum Gasteiger partial charge on any atom is -0.310 e. The molecular formula is C21H31N. The van der Waals surface area contributed by atoms with E-state index in [4.69, 9.17) is 6.57 Å². The molecule has 120 valence electrons. The first-order valence-corrected chi connectivity index (χ1v) is 9.12. The summed E-state index contributed by atoms with van der Waals surface area (Å²) in [5, 5.41) is 0. The van der Waals surface area contributed by atoms with Gasteiger partial charge < -0.3 is 4.85 Å². The Hall–Kier alpha value is -1.03. The lowest BCUT2D eigenvalue weighted by Crippen LogP contribution is -2.58. The Labute approximate surface area is 136 Å². The Morgan fingerprint density at radius 1 is 1.32 bits per heavy atom. The molecule has 3 aliphatic rings. The smallest absolute Gasteiger partial charge is 0.239 e. The van der Waals surface area contributed by atoms with E-state index in [9.17, 15) is 0 Å². The number of rotatable bonds is 1. The molecule has 0 N–H and O–H groups in total. The lowest BCUT2D eigenvalue weighted by molar-refractivity contribution is -0.0392. The van der Waals surface area contributed by atoms with Crippen molar-refractivity contribution in [1.29, 1.82) is 0 Å². The second-order valence-corrected chi connectivity index (χ2v) is 8.58. The largest absolute Gasteiger partial charge is 0.310 e. The SMILES string of the molecule is [C-]#[N+][C@]12CCC(=C)[C@@H]3[C@@H]1[C@H](CC[C@@H]2C)[C@@H](C)C[C@H]3C=C(C)C. The van der Waals surface area contributed by atoms with Gasteiger partial charge in [-0.1, -0.05) is 37.6 Å². The molecule has 0 spiro atoms. The zero-order valence-corrected chi connectivity index (χ0v) is 14.7. The van der Waals surface area contributed by atoms with Crippen molar-refractivity contribution in [3.05, 3.63) is 35.2 Å². The second kappa shape index (κ2) is 5.55. The molecule has 0 unspecified atom stereocenters. The van der Waals surface area contributed by atoms with E-state index in [0.717, 1.165) is 24.7 Å². The average Bonchev–Trinajstić information content (AvgIpc) is 2.46. The van der Waals surface area contributed by atoms with Gasteiger partial charge in [0.2, 0.25) is 5.54 Å². The van der Waals surface area contributed by atoms with E-state index in [-0.39, 0.29) is 5.54 Å². The molecule has 0 aromatic rings. The van der Waals surface area contributed by atoms with Crippen molar-refractivity contribution in [3.8, 4) is 0 Å². The van der Waals surface area contributed by atoms with Crippen LogP contribution < -0.4 is 0 Å². The fourth-order valence-corrected chi connectivity index (χ4v) is 6.14. The summed E-state index contributed by atoms with van der Waals surface area (Å²) in [4.78, 5) is 4.34. The maximum atomic E-state index is 8.04. The lowest BCUT2D eigenvalue weighted by Gasteiger charge is -2.57. The first-order chi connectivity index (χ1) is 10.4. The quantitative estimate of drug-likeness (QED) is 0.419. The Balaban J connectivity index is 2.09. The standard InChI is InChI=1S/C21H31N/c1-13(2)11-17-12-15(4)18-8-7-16(5)21(22-6)10-9-14(3)19(17)20(18)21/h11,15-20H,3,7-10,12H2,1-2,4-5H3/t15-,16-,17+,18+,19-,20-,21-/m0/s1. The van der Waals surface area contributed by atoms with Crippen molar-refractivity contribution in [2.75, 3.05) is 0 Å². The summed E-state index contributed by atoms with van der Waals surface area (Å²) in [5.41, 5.74) is 2.76. The topological polar surface area (TPSA) is 4.36 Å². The van der Waals surface area contributed by atoms with Crippen LogP contribution >= 0.6 is 0 Å². The minimum atomic E-state index is -0.100. The molecule has 1 heteroatoms. The fourth-order valence-electron chi connectivity index (χ4n) is 6.14. The van der Waals surface area contributed by atoms with Crippen LogP contribution in [0.15, 0.2) is 23.8 Å². The Morgan fingerprint density at radius 3 is 2.68 bits per heavy atom. The number of hydrogen-bond acceptors (Lipinski definition) is 0. The summed E-state index contributed by atoms with van der Waals surface area (Å²) >= 11 is 0. The maximum Gasteiger partial charge on any atom is 0.239 e. The predicted octanol–water partition coefficient (Wildman–Crippen LogP) is 5.90. The Bertz CT molecular complexity index is 533. The molecule has 22 heavy (non-hydrogen) atoms. The van der Waals surface area contributed by atoms with Crippen LogP contribution in [0.4, 0.5) is 0 Å². The van der Waals surface area contributed by atoms with Crippen LogP contribution in [-0.4, -0.2) is 5.54 Å². The lowest BCUT2D eigenvalue weighted by atomic mass is 9.45. The zero-order chi connectivity index (χ0) is 16.1. The van der Waals surface area contributed by atoms with Gasteiger partial charge in [-0.05, 0) is 63.2 Å². The summed E-state index contributed by atoms with van der Waals surface area (Å²) in [6.45, 7) is 21.7. The summed E-state index contributed by atoms with van der Waals surface area (Å²) in [7, 11) is 0. The minimum absolute atomic E-state index is 0.100. The Morgan fingerprint density at radius 2 is 2.05 bits per heavy atom. The molecule has 0 bridgehead atoms. The van der Waals surface area contributed by atoms with Gasteiger partial charge in [-0.2, -0.15) is 0 Å². The van der Waals surface area contributed by atoms with Crippen LogP contribution in [0.1, 0.15) is 59.8 Å². The first kappa shape index (κ1) is 15.9. The second-order valence-electron chi connectivity index (χ2n) is 8.58. The molecule has 0 heterocycles. The van der Waals surface area contributed by atoms with Gasteiger partial charge in [0.15, 0.2) is 0 Å². The van der Waals surface area contributed by atoms with Crippen LogP contribution in [0.3, 0.4) is 0 Å². The summed E-state index contributed by atoms with van der Waals surface area (Å²) in [5.74, 6) is 3.77. The van der Waals surface area contributed by atoms with E-state index in [1.807, 2.05) is 0 Å². The number of nitrogens with zero attached hydrogens (tertiary/aromatic N) is 1. The number of allylic oxidation sites excluding steroid dienone is 3. The molecule has 0 aromatic carbocycles. The van der Waals surface area contributed by atoms with Crippen LogP contribution in [-0.2, 0) is 0 Å². The van der Waals surface area contributed by atoms with E-state index in [2.05, 4.69) is 45.2 Å². The Kier molecular flexibility index (Phi) is 4.00. The van der Waals surface area contributed by atoms with Gasteiger partial charge in [0, 0.05) is 18.3 Å². The van der Waals surface area contributed by atoms with Gasteiger partial charge in [-0.25, -0.2) is 6.57 Å². The molecule has 7 atom stereocenters. The van der Waals surface area contributed by atoms with Crippen LogP contribution in [0.2, 0.25) is 0 Å². The van der Waals surface area contributed by atoms with Crippen molar-refractivity contribution in [3.63, 3.8) is 0 Å². The molecule has 1 nitrogen and oxygen atoms in total. The van der Waals surface area contributed by atoms with Crippen LogP contribution in [0.25, 0.3) is 4.85 Å². The summed E-state index contributed by atoms with van der Waals surface area (Å²) in [6, 6.07) is 0. The van der Waals surface area contributed by atoms with Crippen molar-refractivity contribution >= 4 is 0 Å². The van der Waals surface area contributed by atoms with Crippen molar-refractivity contribution < 1.29 is 0 Å². The normalized spacial score (nSPS) is 47.3. The molecule has 0 aliphatic heterocycles. The van der Waals surface area contributed by atoms with Gasteiger partial charge in [0.05, 0.1) is 0 Å². The van der Waals surface area contributed by atoms with Crippen molar-refractivity contribution in [1.82, 2.24) is 0 Å². The van der Waals surface area contributed by atoms with Gasteiger partial charge in [-0.3, -0.25) is 0 Å². The van der Waals surface area contributed by atoms with Gasteiger partial charge in [0.25, 0.3) is 0 Å². The van der Waals surface area contributed by atoms with Gasteiger partial charge in [-0.15, -0.1) is 0 Å². The van der Waals surface area contributed by atoms with E-state index < -0.39 is 0 Å². The molecule has 3 rings (SSSR count). The van der Waals surface area contributed by atoms with Crippen LogP contribution in [0.5, 0.6) is 0 Å². The zero-order valence-electron chi connectivity index (χ0n) is 14.7. The van der Waals surface area contributed by atoms with E-state index in [1.54, 1.807) is 0 Å². The van der Waals surface area contributed by atoms with E-state index in [1.165, 1.54) is 30.4 Å². The molecule has 3 fully saturated rings. The highest BCUT2D eigenvalue weighted by Crippen LogP contribution is 2.62. The maximum absolute atomic E-state index is 8.04. The third kappa shape index (κ3) is 2.18. The third-order valence-electron chi connectivity index (χ3n) is 7.12. The summed E-state index contributed by atoms with van der Waals surface area (Å²) in [6.07, 6.45) is 8.49. The molecule has 0 saturated heterocycles. The monoisotopic (exact) mass is 297 g/mol. The van der Waals surface area contributed by atoms with Crippen LogP contribution in [0, 0.1) is 42.1 Å². The van der Waals surface area contributed by atoms with Gasteiger partial charge in [0.1, 0.15) is 0 Å². The molecular weight excluding hydrogens is 266 g/mol. The molecule has 3 aliphatic carbocycles. The highest BCUT2D eigenvalue weighted by molar-refractivity contribution is 5.27. The average molecular weight is 297 g/mol. The van der Waals surface area contributed by atoms with Gasteiger partial charge >= 0.3 is 0 Å². The molecule has 0 amide bonds. The molecule has 0 aromatic heterocycles. The third-order valence-corrected chi connectivity index (χ3v) is 7.12. The highest BCUT2D eigenvalue weighted by atomic mass is 14.9. The van der Waals surface area contributed by atoms with Crippen molar-refractivity contribution in [2.45, 2.75) is 65.3 Å². The fraction of sp³-hybridized carbons (Fsp3) is 0.762. The van der Waals surface area contributed by atoms with E-state index in [0.29, 0.717) is 23.7 Å². The predicted molar refractivity (Wildman–Crippen MR) is 93.3 cm³/mol. The molecule has 3 saturated carbocycles. The first-order valence-electron chi connectivity index (χ1n) is 9.12.